The van der Waals surface area contributed by atoms with Crippen molar-refractivity contribution >= 4 is 34.9 Å². The van der Waals surface area contributed by atoms with Gasteiger partial charge in [0.05, 0.1) is 14.2 Å². The van der Waals surface area contributed by atoms with Crippen LogP contribution >= 0.6 is 23.2 Å². The third-order valence-corrected chi connectivity index (χ3v) is 6.32. The lowest BCUT2D eigenvalue weighted by Gasteiger charge is -2.35. The molecule has 0 aromatic heterocycles. The third-order valence-electron chi connectivity index (χ3n) is 5.75. The maximum absolute atomic E-state index is 13.2. The standard InChI is InChI=1S/C23H21Cl2NO4/c1-29-20-6-3-12(9-21(20)30-2)13-7-18-23(19(27)8-13)16(11-22(28)26-18)15-5-4-14(24)10-17(15)25/h3-6,9-10,13,16H,7-8,11H2,1-2H3,(H,26,28). The highest BCUT2D eigenvalue weighted by molar-refractivity contribution is 6.35. The number of carbonyl (C=O) groups is 2. The summed E-state index contributed by atoms with van der Waals surface area (Å²) in [4.78, 5) is 25.7. The second-order valence-electron chi connectivity index (χ2n) is 7.51. The average Bonchev–Trinajstić information content (AvgIpc) is 2.72. The van der Waals surface area contributed by atoms with Crippen LogP contribution in [0.5, 0.6) is 11.5 Å². The van der Waals surface area contributed by atoms with Gasteiger partial charge in [-0.25, -0.2) is 0 Å². The first-order chi connectivity index (χ1) is 14.4. The Bertz CT molecular complexity index is 1060. The Morgan fingerprint density at radius 1 is 0.933 bits per heavy atom. The minimum Gasteiger partial charge on any atom is -0.493 e. The van der Waals surface area contributed by atoms with Crippen LogP contribution in [0.25, 0.3) is 0 Å². The molecule has 0 fully saturated rings. The third kappa shape index (κ3) is 3.80. The highest BCUT2D eigenvalue weighted by Gasteiger charge is 2.39. The minimum absolute atomic E-state index is 0.0204. The highest BCUT2D eigenvalue weighted by Crippen LogP contribution is 2.45. The van der Waals surface area contributed by atoms with Gasteiger partial charge < -0.3 is 14.8 Å². The van der Waals surface area contributed by atoms with Gasteiger partial charge in [0.1, 0.15) is 0 Å². The molecule has 1 heterocycles. The van der Waals surface area contributed by atoms with E-state index < -0.39 is 0 Å². The van der Waals surface area contributed by atoms with Gasteiger partial charge in [0, 0.05) is 40.1 Å². The van der Waals surface area contributed by atoms with Crippen LogP contribution in [0.1, 0.15) is 42.2 Å². The fraction of sp³-hybridized carbons (Fsp3) is 0.304. The van der Waals surface area contributed by atoms with E-state index in [9.17, 15) is 9.59 Å². The fourth-order valence-electron chi connectivity index (χ4n) is 4.35. The molecule has 2 atom stereocenters. The Kier molecular flexibility index (Phi) is 5.76. The number of rotatable bonds is 4. The summed E-state index contributed by atoms with van der Waals surface area (Å²) < 4.78 is 10.7. The SMILES string of the molecule is COc1ccc(C2CC(=O)C3=C(C2)NC(=O)CC3c2ccc(Cl)cc2Cl)cc1OC. The Balaban J connectivity index is 1.71. The second kappa shape index (κ2) is 8.32. The van der Waals surface area contributed by atoms with Gasteiger partial charge in [0.2, 0.25) is 5.91 Å². The number of Topliss-reactive ketones (excluding diaryl/α,β-unsaturated/α-hetero) is 1. The molecule has 0 saturated carbocycles. The van der Waals surface area contributed by atoms with Gasteiger partial charge in [-0.2, -0.15) is 0 Å². The molecule has 1 aliphatic heterocycles. The van der Waals surface area contributed by atoms with E-state index in [-0.39, 0.29) is 29.9 Å². The van der Waals surface area contributed by atoms with E-state index in [0.717, 1.165) is 11.1 Å². The Morgan fingerprint density at radius 3 is 2.40 bits per heavy atom. The van der Waals surface area contributed by atoms with Gasteiger partial charge in [-0.15, -0.1) is 0 Å². The molecular formula is C23H21Cl2NO4. The zero-order valence-corrected chi connectivity index (χ0v) is 18.1. The topological polar surface area (TPSA) is 64.6 Å². The molecule has 2 unspecified atom stereocenters. The molecule has 0 spiro atoms. The molecule has 5 nitrogen and oxygen atoms in total. The Hall–Kier alpha value is -2.50. The van der Waals surface area contributed by atoms with Crippen LogP contribution in [-0.2, 0) is 9.59 Å². The number of amides is 1. The van der Waals surface area contributed by atoms with Crippen LogP contribution in [0, 0.1) is 0 Å². The van der Waals surface area contributed by atoms with E-state index >= 15 is 0 Å². The number of hydrogen-bond acceptors (Lipinski definition) is 4. The van der Waals surface area contributed by atoms with E-state index in [0.29, 0.717) is 45.7 Å². The first-order valence-electron chi connectivity index (χ1n) is 9.64. The van der Waals surface area contributed by atoms with Crippen LogP contribution in [0.4, 0.5) is 0 Å². The lowest BCUT2D eigenvalue weighted by atomic mass is 9.73. The maximum atomic E-state index is 13.2. The zero-order valence-electron chi connectivity index (χ0n) is 16.6. The number of methoxy groups -OCH3 is 2. The van der Waals surface area contributed by atoms with Crippen LogP contribution < -0.4 is 14.8 Å². The van der Waals surface area contributed by atoms with Gasteiger partial charge in [-0.1, -0.05) is 35.3 Å². The normalized spacial score (nSPS) is 21.2. The molecule has 4 rings (SSSR count). The first-order valence-corrected chi connectivity index (χ1v) is 10.4. The number of benzene rings is 2. The molecule has 7 heteroatoms. The Labute approximate surface area is 185 Å². The minimum atomic E-state index is -0.364. The van der Waals surface area contributed by atoms with Crippen molar-refractivity contribution in [3.05, 3.63) is 68.8 Å². The van der Waals surface area contributed by atoms with Crippen molar-refractivity contribution in [2.75, 3.05) is 14.2 Å². The Morgan fingerprint density at radius 2 is 1.70 bits per heavy atom. The van der Waals surface area contributed by atoms with Gasteiger partial charge in [-0.3, -0.25) is 9.59 Å². The molecule has 30 heavy (non-hydrogen) atoms. The molecule has 1 N–H and O–H groups in total. The lowest BCUT2D eigenvalue weighted by molar-refractivity contribution is -0.122. The summed E-state index contributed by atoms with van der Waals surface area (Å²) in [5.74, 6) is 0.721. The van der Waals surface area contributed by atoms with Crippen LogP contribution in [0.15, 0.2) is 47.7 Å². The van der Waals surface area contributed by atoms with Crippen molar-refractivity contribution in [1.82, 2.24) is 5.32 Å². The summed E-state index contributed by atoms with van der Waals surface area (Å²) in [6.45, 7) is 0. The summed E-state index contributed by atoms with van der Waals surface area (Å²) in [7, 11) is 3.16. The lowest BCUT2D eigenvalue weighted by Crippen LogP contribution is -2.38. The van der Waals surface area contributed by atoms with Crippen LogP contribution in [0.3, 0.4) is 0 Å². The summed E-state index contributed by atoms with van der Waals surface area (Å²) in [5, 5.41) is 3.90. The van der Waals surface area contributed by atoms with Crippen molar-refractivity contribution < 1.29 is 19.1 Å². The van der Waals surface area contributed by atoms with E-state index in [1.54, 1.807) is 32.4 Å². The molecule has 2 aromatic rings. The van der Waals surface area contributed by atoms with Crippen LogP contribution in [0.2, 0.25) is 10.0 Å². The van der Waals surface area contributed by atoms with Crippen molar-refractivity contribution in [3.8, 4) is 11.5 Å². The predicted octanol–water partition coefficient (Wildman–Crippen LogP) is 5.01. The molecular weight excluding hydrogens is 425 g/mol. The van der Waals surface area contributed by atoms with Crippen LogP contribution in [-0.4, -0.2) is 25.9 Å². The average molecular weight is 446 g/mol. The molecule has 0 radical (unpaired) electrons. The van der Waals surface area contributed by atoms with Crippen molar-refractivity contribution in [2.24, 2.45) is 0 Å². The number of hydrogen-bond donors (Lipinski definition) is 1. The molecule has 1 aliphatic carbocycles. The molecule has 0 bridgehead atoms. The number of nitrogens with one attached hydrogen (secondary N) is 1. The van der Waals surface area contributed by atoms with Gasteiger partial charge in [0.15, 0.2) is 17.3 Å². The number of carbonyl (C=O) groups excluding carboxylic acids is 2. The summed E-state index contributed by atoms with van der Waals surface area (Å²) in [6.07, 6.45) is 1.10. The van der Waals surface area contributed by atoms with Crippen molar-refractivity contribution in [2.45, 2.75) is 31.1 Å². The summed E-state index contributed by atoms with van der Waals surface area (Å²) in [5.41, 5.74) is 3.05. The van der Waals surface area contributed by atoms with Gasteiger partial charge >= 0.3 is 0 Å². The zero-order chi connectivity index (χ0) is 21.4. The van der Waals surface area contributed by atoms with E-state index in [2.05, 4.69) is 5.32 Å². The monoisotopic (exact) mass is 445 g/mol. The fourth-order valence-corrected chi connectivity index (χ4v) is 4.89. The molecule has 2 aliphatic rings. The molecule has 0 saturated heterocycles. The number of halogens is 2. The smallest absolute Gasteiger partial charge is 0.225 e. The number of allylic oxidation sites excluding steroid dienone is 2. The van der Waals surface area contributed by atoms with Crippen molar-refractivity contribution in [1.29, 1.82) is 0 Å². The highest BCUT2D eigenvalue weighted by atomic mass is 35.5. The van der Waals surface area contributed by atoms with E-state index in [1.807, 2.05) is 18.2 Å². The summed E-state index contributed by atoms with van der Waals surface area (Å²) >= 11 is 12.4. The number of ketones is 1. The quantitative estimate of drug-likeness (QED) is 0.717. The number of ether oxygens (including phenoxy) is 2. The van der Waals surface area contributed by atoms with Gasteiger partial charge in [0.25, 0.3) is 0 Å². The largest absolute Gasteiger partial charge is 0.493 e. The first kappa shape index (κ1) is 20.8. The molecule has 1 amide bonds. The molecule has 2 aromatic carbocycles. The van der Waals surface area contributed by atoms with E-state index in [4.69, 9.17) is 32.7 Å². The summed E-state index contributed by atoms with van der Waals surface area (Å²) in [6, 6.07) is 10.8. The van der Waals surface area contributed by atoms with Crippen molar-refractivity contribution in [3.63, 3.8) is 0 Å². The molecule has 156 valence electrons. The second-order valence-corrected chi connectivity index (χ2v) is 8.35. The maximum Gasteiger partial charge on any atom is 0.225 e. The van der Waals surface area contributed by atoms with Gasteiger partial charge in [-0.05, 0) is 47.7 Å². The van der Waals surface area contributed by atoms with E-state index in [1.165, 1.54) is 0 Å². The predicted molar refractivity (Wildman–Crippen MR) is 116 cm³/mol.